The molecular weight excluding hydrogens is 377 g/mol. The molecule has 2 rings (SSSR count). The van der Waals surface area contributed by atoms with Gasteiger partial charge in [-0.15, -0.1) is 23.2 Å². The molecule has 1 aliphatic carbocycles. The molecule has 2 atom stereocenters. The van der Waals surface area contributed by atoms with Crippen molar-refractivity contribution in [2.45, 2.75) is 30.4 Å². The number of ether oxygens (including phenoxy) is 2. The van der Waals surface area contributed by atoms with Crippen molar-refractivity contribution < 1.29 is 9.47 Å². The maximum atomic E-state index is 6.40. The molecule has 0 aromatic heterocycles. The SMILES string of the molecule is CCOC(OCC)[C@@H]1[C@@H](c2cc(Cl)c(Cl)c(Cl)c2)C1(Cl)Cl. The van der Waals surface area contributed by atoms with Gasteiger partial charge in [-0.1, -0.05) is 34.8 Å². The fourth-order valence-electron chi connectivity index (χ4n) is 2.46. The van der Waals surface area contributed by atoms with Gasteiger partial charge in [0.15, 0.2) is 6.29 Å². The summed E-state index contributed by atoms with van der Waals surface area (Å²) in [5.74, 6) is -0.356. The number of alkyl halides is 2. The topological polar surface area (TPSA) is 18.5 Å². The number of hydrogen-bond donors (Lipinski definition) is 0. The standard InChI is InChI=1S/C14H15Cl5O2/c1-3-20-13(21-4-2)11-10(14(11,18)19)7-5-8(15)12(17)9(16)6-7/h5-6,10-11,13H,3-4H2,1-2H3/t10-,11+/m1/s1. The van der Waals surface area contributed by atoms with Crippen LogP contribution in [0.1, 0.15) is 25.3 Å². The van der Waals surface area contributed by atoms with Crippen LogP contribution < -0.4 is 0 Å². The van der Waals surface area contributed by atoms with Crippen molar-refractivity contribution in [2.24, 2.45) is 5.92 Å². The zero-order valence-electron chi connectivity index (χ0n) is 11.5. The summed E-state index contributed by atoms with van der Waals surface area (Å²) in [4.78, 5) is 0. The van der Waals surface area contributed by atoms with Gasteiger partial charge in [0, 0.05) is 19.1 Å². The van der Waals surface area contributed by atoms with E-state index in [1.807, 2.05) is 13.8 Å². The second-order valence-corrected chi connectivity index (χ2v) is 7.39. The van der Waals surface area contributed by atoms with Crippen LogP contribution in [0.3, 0.4) is 0 Å². The highest BCUT2D eigenvalue weighted by Crippen LogP contribution is 2.67. The third-order valence-corrected chi connectivity index (χ3v) is 5.60. The molecule has 0 aliphatic heterocycles. The van der Waals surface area contributed by atoms with Gasteiger partial charge in [0.05, 0.1) is 21.0 Å². The highest BCUT2D eigenvalue weighted by Gasteiger charge is 2.67. The van der Waals surface area contributed by atoms with E-state index in [0.29, 0.717) is 28.3 Å². The van der Waals surface area contributed by atoms with Crippen molar-refractivity contribution >= 4 is 58.0 Å². The van der Waals surface area contributed by atoms with Crippen LogP contribution in [0.25, 0.3) is 0 Å². The summed E-state index contributed by atoms with van der Waals surface area (Å²) in [6.45, 7) is 4.81. The molecule has 0 bridgehead atoms. The second-order valence-electron chi connectivity index (χ2n) is 4.76. The largest absolute Gasteiger partial charge is 0.353 e. The van der Waals surface area contributed by atoms with Gasteiger partial charge < -0.3 is 9.47 Å². The van der Waals surface area contributed by atoms with Gasteiger partial charge in [0.1, 0.15) is 4.33 Å². The Bertz CT molecular complexity index is 491. The van der Waals surface area contributed by atoms with Crippen LogP contribution in [-0.4, -0.2) is 23.8 Å². The summed E-state index contributed by atoms with van der Waals surface area (Å²) < 4.78 is 10.2. The second kappa shape index (κ2) is 7.00. The summed E-state index contributed by atoms with van der Waals surface area (Å²) >= 11 is 30.9. The van der Waals surface area contributed by atoms with E-state index in [2.05, 4.69) is 0 Å². The van der Waals surface area contributed by atoms with E-state index >= 15 is 0 Å². The molecule has 0 heterocycles. The van der Waals surface area contributed by atoms with Crippen molar-refractivity contribution in [2.75, 3.05) is 13.2 Å². The molecule has 0 unspecified atom stereocenters. The lowest BCUT2D eigenvalue weighted by Crippen LogP contribution is -2.22. The van der Waals surface area contributed by atoms with E-state index in [9.17, 15) is 0 Å². The molecule has 118 valence electrons. The quantitative estimate of drug-likeness (QED) is 0.339. The Labute approximate surface area is 149 Å². The molecule has 2 nitrogen and oxygen atoms in total. The lowest BCUT2D eigenvalue weighted by atomic mass is 10.1. The molecular formula is C14H15Cl5O2. The van der Waals surface area contributed by atoms with Crippen LogP contribution in [0.5, 0.6) is 0 Å². The van der Waals surface area contributed by atoms with Crippen molar-refractivity contribution in [1.29, 1.82) is 0 Å². The van der Waals surface area contributed by atoms with Crippen molar-refractivity contribution in [3.05, 3.63) is 32.8 Å². The van der Waals surface area contributed by atoms with Crippen molar-refractivity contribution in [3.8, 4) is 0 Å². The first-order chi connectivity index (χ1) is 9.84. The fraction of sp³-hybridized carbons (Fsp3) is 0.571. The van der Waals surface area contributed by atoms with Crippen LogP contribution in [0.4, 0.5) is 0 Å². The molecule has 1 aromatic carbocycles. The monoisotopic (exact) mass is 390 g/mol. The van der Waals surface area contributed by atoms with Gasteiger partial charge >= 0.3 is 0 Å². The Morgan fingerprint density at radius 2 is 1.52 bits per heavy atom. The molecule has 21 heavy (non-hydrogen) atoms. The predicted octanol–water partition coefficient (Wildman–Crippen LogP) is 5.93. The van der Waals surface area contributed by atoms with E-state index in [1.165, 1.54) is 0 Å². The summed E-state index contributed by atoms with van der Waals surface area (Å²) in [6, 6.07) is 3.46. The lowest BCUT2D eigenvalue weighted by Gasteiger charge is -2.17. The third kappa shape index (κ3) is 3.58. The van der Waals surface area contributed by atoms with Gasteiger partial charge in [-0.2, -0.15) is 0 Å². The molecule has 1 aromatic rings. The van der Waals surface area contributed by atoms with Crippen LogP contribution in [-0.2, 0) is 9.47 Å². The van der Waals surface area contributed by atoms with Crippen LogP contribution in [0, 0.1) is 5.92 Å². The number of halogens is 5. The van der Waals surface area contributed by atoms with E-state index in [0.717, 1.165) is 5.56 Å². The lowest BCUT2D eigenvalue weighted by molar-refractivity contribution is -0.149. The van der Waals surface area contributed by atoms with Crippen LogP contribution >= 0.6 is 58.0 Å². The summed E-state index contributed by atoms with van der Waals surface area (Å²) in [5.41, 5.74) is 0.828. The molecule has 0 amide bonds. The van der Waals surface area contributed by atoms with E-state index in [-0.39, 0.29) is 11.8 Å². The molecule has 0 radical (unpaired) electrons. The maximum absolute atomic E-state index is 6.40. The Balaban J connectivity index is 2.28. The van der Waals surface area contributed by atoms with Gasteiger partial charge in [-0.25, -0.2) is 0 Å². The number of benzene rings is 1. The normalized spacial score (nSPS) is 23.6. The minimum Gasteiger partial charge on any atom is -0.353 e. The predicted molar refractivity (Wildman–Crippen MR) is 89.2 cm³/mol. The molecule has 1 fully saturated rings. The first-order valence-electron chi connectivity index (χ1n) is 6.60. The first kappa shape index (κ1) is 17.9. The minimum atomic E-state index is -0.977. The van der Waals surface area contributed by atoms with E-state index in [4.69, 9.17) is 67.5 Å². The first-order valence-corrected chi connectivity index (χ1v) is 8.49. The summed E-state index contributed by atoms with van der Waals surface area (Å²) in [6.07, 6.45) is -0.465. The number of rotatable bonds is 6. The Hall–Kier alpha value is 0.590. The van der Waals surface area contributed by atoms with Crippen LogP contribution in [0.15, 0.2) is 12.1 Å². The third-order valence-electron chi connectivity index (χ3n) is 3.43. The molecule has 0 spiro atoms. The maximum Gasteiger partial charge on any atom is 0.163 e. The smallest absolute Gasteiger partial charge is 0.163 e. The molecule has 7 heteroatoms. The van der Waals surface area contributed by atoms with E-state index < -0.39 is 10.6 Å². The van der Waals surface area contributed by atoms with Crippen molar-refractivity contribution in [1.82, 2.24) is 0 Å². The molecule has 1 saturated carbocycles. The zero-order valence-corrected chi connectivity index (χ0v) is 15.3. The average Bonchev–Trinajstić information content (AvgIpc) is 2.98. The van der Waals surface area contributed by atoms with Gasteiger partial charge in [-0.3, -0.25) is 0 Å². The Morgan fingerprint density at radius 1 is 1.05 bits per heavy atom. The molecule has 0 N–H and O–H groups in total. The van der Waals surface area contributed by atoms with Crippen molar-refractivity contribution in [3.63, 3.8) is 0 Å². The highest BCUT2D eigenvalue weighted by atomic mass is 35.5. The van der Waals surface area contributed by atoms with Gasteiger partial charge in [0.2, 0.25) is 0 Å². The zero-order chi connectivity index (χ0) is 15.8. The van der Waals surface area contributed by atoms with E-state index in [1.54, 1.807) is 12.1 Å². The highest BCUT2D eigenvalue weighted by molar-refractivity contribution is 6.52. The summed E-state index contributed by atoms with van der Waals surface area (Å²) in [7, 11) is 0. The van der Waals surface area contributed by atoms with Gasteiger partial charge in [-0.05, 0) is 31.5 Å². The average molecular weight is 393 g/mol. The molecule has 1 aliphatic rings. The summed E-state index contributed by atoms with van der Waals surface area (Å²) in [5, 5.41) is 1.07. The molecule has 0 saturated heterocycles. The van der Waals surface area contributed by atoms with Crippen LogP contribution in [0.2, 0.25) is 15.1 Å². The minimum absolute atomic E-state index is 0.170. The Kier molecular flexibility index (Phi) is 5.98. The Morgan fingerprint density at radius 3 is 1.95 bits per heavy atom. The number of hydrogen-bond acceptors (Lipinski definition) is 2. The van der Waals surface area contributed by atoms with Gasteiger partial charge in [0.25, 0.3) is 0 Å². The fourth-order valence-corrected chi connectivity index (χ4v) is 3.93.